The Bertz CT molecular complexity index is 849. The lowest BCUT2D eigenvalue weighted by molar-refractivity contribution is 0.403. The molecule has 0 aliphatic heterocycles. The molecule has 0 radical (unpaired) electrons. The van der Waals surface area contributed by atoms with Gasteiger partial charge in [0.25, 0.3) is 0 Å². The van der Waals surface area contributed by atoms with Crippen molar-refractivity contribution in [3.05, 3.63) is 35.2 Å². The van der Waals surface area contributed by atoms with Crippen LogP contribution in [-0.2, 0) is 13.1 Å². The molecule has 1 aliphatic rings. The number of nitrogens with zero attached hydrogens (tertiary/aromatic N) is 4. The molecule has 0 amide bonds. The number of hydrogen-bond donors (Lipinski definition) is 0. The van der Waals surface area contributed by atoms with Crippen LogP contribution in [0.1, 0.15) is 18.4 Å². The zero-order chi connectivity index (χ0) is 15.3. The zero-order valence-corrected chi connectivity index (χ0v) is 13.6. The zero-order valence-electron chi connectivity index (χ0n) is 12.9. The monoisotopic (exact) mass is 314 g/mol. The number of hydrogen-bond acceptors (Lipinski definition) is 3. The van der Waals surface area contributed by atoms with Crippen molar-refractivity contribution in [2.45, 2.75) is 25.9 Å². The highest BCUT2D eigenvalue weighted by Gasteiger charge is 2.25. The van der Waals surface area contributed by atoms with Crippen LogP contribution in [0.5, 0.6) is 0 Å². The van der Waals surface area contributed by atoms with Gasteiger partial charge in [0.15, 0.2) is 5.15 Å². The van der Waals surface area contributed by atoms with Crippen LogP contribution in [0.4, 0.5) is 0 Å². The van der Waals surface area contributed by atoms with Gasteiger partial charge in [-0.05, 0) is 50.6 Å². The summed E-state index contributed by atoms with van der Waals surface area (Å²) < 4.78 is 2.31. The molecule has 0 N–H and O–H groups in total. The molecule has 1 fully saturated rings. The first kappa shape index (κ1) is 14.0. The first-order chi connectivity index (χ1) is 10.6. The summed E-state index contributed by atoms with van der Waals surface area (Å²) in [4.78, 5) is 10.9. The van der Waals surface area contributed by atoms with Crippen LogP contribution in [0.25, 0.3) is 21.9 Å². The number of fused-ring (bicyclic) bond motifs is 3. The minimum Gasteiger partial charge on any atom is -0.336 e. The summed E-state index contributed by atoms with van der Waals surface area (Å²) >= 11 is 6.38. The van der Waals surface area contributed by atoms with E-state index in [0.29, 0.717) is 5.15 Å². The molecule has 1 aromatic carbocycles. The van der Waals surface area contributed by atoms with E-state index in [1.807, 2.05) is 0 Å². The van der Waals surface area contributed by atoms with E-state index in [9.17, 15) is 0 Å². The van der Waals surface area contributed by atoms with Crippen LogP contribution in [0.15, 0.2) is 24.5 Å². The second-order valence-corrected chi connectivity index (χ2v) is 6.86. The van der Waals surface area contributed by atoms with E-state index >= 15 is 0 Å². The van der Waals surface area contributed by atoms with E-state index in [4.69, 9.17) is 11.6 Å². The number of rotatable bonds is 4. The fourth-order valence-electron chi connectivity index (χ4n) is 3.13. The van der Waals surface area contributed by atoms with Gasteiger partial charge in [0.1, 0.15) is 17.4 Å². The molecule has 0 unspecified atom stereocenters. The first-order valence-electron chi connectivity index (χ1n) is 7.69. The Morgan fingerprint density at radius 2 is 2.09 bits per heavy atom. The van der Waals surface area contributed by atoms with Gasteiger partial charge in [0, 0.05) is 18.5 Å². The summed E-state index contributed by atoms with van der Waals surface area (Å²) in [6.45, 7) is 1.93. The van der Waals surface area contributed by atoms with Gasteiger partial charge >= 0.3 is 0 Å². The molecule has 114 valence electrons. The summed E-state index contributed by atoms with van der Waals surface area (Å²) in [5.41, 5.74) is 4.45. The third-order valence-corrected chi connectivity index (χ3v) is 4.57. The molecule has 4 rings (SSSR count). The van der Waals surface area contributed by atoms with Gasteiger partial charge in [-0.3, -0.25) is 0 Å². The molecule has 22 heavy (non-hydrogen) atoms. The molecule has 2 aromatic heterocycles. The maximum absolute atomic E-state index is 6.38. The summed E-state index contributed by atoms with van der Waals surface area (Å²) in [5.74, 6) is 0.775. The minimum absolute atomic E-state index is 0.552. The summed E-state index contributed by atoms with van der Waals surface area (Å²) in [6.07, 6.45) is 4.18. The van der Waals surface area contributed by atoms with Crippen molar-refractivity contribution in [3.8, 4) is 0 Å². The summed E-state index contributed by atoms with van der Waals surface area (Å²) in [6, 6.07) is 6.64. The minimum atomic E-state index is 0.552. The van der Waals surface area contributed by atoms with Crippen molar-refractivity contribution < 1.29 is 0 Å². The highest BCUT2D eigenvalue weighted by molar-refractivity contribution is 6.34. The fraction of sp³-hybridized carbons (Fsp3) is 0.412. The van der Waals surface area contributed by atoms with Crippen molar-refractivity contribution in [1.29, 1.82) is 0 Å². The smallest absolute Gasteiger partial charge is 0.156 e. The number of benzene rings is 1. The van der Waals surface area contributed by atoms with Crippen molar-refractivity contribution in [2.24, 2.45) is 5.92 Å². The maximum Gasteiger partial charge on any atom is 0.156 e. The molecule has 0 bridgehead atoms. The van der Waals surface area contributed by atoms with Gasteiger partial charge in [-0.2, -0.15) is 0 Å². The fourth-order valence-corrected chi connectivity index (χ4v) is 3.37. The van der Waals surface area contributed by atoms with Crippen LogP contribution in [0.2, 0.25) is 5.15 Å². The molecule has 1 aliphatic carbocycles. The topological polar surface area (TPSA) is 34.0 Å². The Kier molecular flexibility index (Phi) is 3.31. The van der Waals surface area contributed by atoms with Gasteiger partial charge < -0.3 is 9.47 Å². The second kappa shape index (κ2) is 5.21. The van der Waals surface area contributed by atoms with Gasteiger partial charge in [0.2, 0.25) is 0 Å². The Balaban J connectivity index is 1.97. The third kappa shape index (κ3) is 2.36. The van der Waals surface area contributed by atoms with Crippen LogP contribution >= 0.6 is 11.6 Å². The average Bonchev–Trinajstić information content (AvgIpc) is 3.23. The molecule has 3 aromatic rings. The van der Waals surface area contributed by atoms with E-state index < -0.39 is 0 Å². The van der Waals surface area contributed by atoms with E-state index in [1.165, 1.54) is 29.3 Å². The number of aromatic nitrogens is 3. The molecule has 0 atom stereocenters. The highest BCUT2D eigenvalue weighted by Crippen LogP contribution is 2.37. The van der Waals surface area contributed by atoms with E-state index in [1.54, 1.807) is 6.33 Å². The molecule has 5 heteroatoms. The lowest BCUT2D eigenvalue weighted by Gasteiger charge is -2.10. The average molecular weight is 315 g/mol. The van der Waals surface area contributed by atoms with Crippen molar-refractivity contribution in [1.82, 2.24) is 19.4 Å². The van der Waals surface area contributed by atoms with Crippen molar-refractivity contribution >= 4 is 33.5 Å². The lowest BCUT2D eigenvalue weighted by atomic mass is 10.1. The molecule has 2 heterocycles. The molecular weight excluding hydrogens is 296 g/mol. The molecular formula is C17H19ClN4. The Hall–Kier alpha value is -1.65. The summed E-state index contributed by atoms with van der Waals surface area (Å²) in [7, 11) is 4.17. The number of halogens is 1. The van der Waals surface area contributed by atoms with Gasteiger partial charge in [0.05, 0.1) is 5.52 Å². The largest absolute Gasteiger partial charge is 0.336 e. The predicted octanol–water partition coefficient (Wildman–Crippen LogP) is 3.71. The van der Waals surface area contributed by atoms with Gasteiger partial charge in [-0.15, -0.1) is 0 Å². The highest BCUT2D eigenvalue weighted by atomic mass is 35.5. The van der Waals surface area contributed by atoms with E-state index in [-0.39, 0.29) is 0 Å². The molecule has 1 saturated carbocycles. The SMILES string of the molecule is CN(C)Cc1ccc2c(c1)c1ncnc(Cl)c1n2CC1CC1. The van der Waals surface area contributed by atoms with Crippen LogP contribution in [0, 0.1) is 5.92 Å². The third-order valence-electron chi connectivity index (χ3n) is 4.29. The van der Waals surface area contributed by atoms with Crippen LogP contribution in [-0.4, -0.2) is 33.5 Å². The van der Waals surface area contributed by atoms with E-state index in [2.05, 4.69) is 51.7 Å². The normalized spacial score (nSPS) is 15.3. The molecule has 0 saturated heterocycles. The first-order valence-corrected chi connectivity index (χ1v) is 8.07. The van der Waals surface area contributed by atoms with Crippen LogP contribution < -0.4 is 0 Å². The van der Waals surface area contributed by atoms with Gasteiger partial charge in [-0.25, -0.2) is 9.97 Å². The Morgan fingerprint density at radius 3 is 2.82 bits per heavy atom. The summed E-state index contributed by atoms with van der Waals surface area (Å²) in [5, 5.41) is 1.73. The maximum atomic E-state index is 6.38. The quantitative estimate of drug-likeness (QED) is 0.688. The second-order valence-electron chi connectivity index (χ2n) is 6.50. The van der Waals surface area contributed by atoms with Crippen LogP contribution in [0.3, 0.4) is 0 Å². The van der Waals surface area contributed by atoms with E-state index in [0.717, 1.165) is 30.0 Å². The van der Waals surface area contributed by atoms with Crippen molar-refractivity contribution in [2.75, 3.05) is 14.1 Å². The van der Waals surface area contributed by atoms with Gasteiger partial charge in [-0.1, -0.05) is 17.7 Å². The van der Waals surface area contributed by atoms with Crippen molar-refractivity contribution in [3.63, 3.8) is 0 Å². The lowest BCUT2D eigenvalue weighted by Crippen LogP contribution is -2.10. The standard InChI is InChI=1S/C17H19ClN4/c1-21(2)8-12-5-6-14-13(7-12)15-16(17(18)20-10-19-15)22(14)9-11-3-4-11/h5-7,10-11H,3-4,8-9H2,1-2H3. The molecule has 0 spiro atoms. The Morgan fingerprint density at radius 1 is 1.27 bits per heavy atom. The Labute approximate surface area is 134 Å². The predicted molar refractivity (Wildman–Crippen MR) is 90.2 cm³/mol. The molecule has 4 nitrogen and oxygen atoms in total.